The van der Waals surface area contributed by atoms with Crippen LogP contribution in [0.25, 0.3) is 0 Å². The fourth-order valence-corrected chi connectivity index (χ4v) is 1.95. The average molecular weight is 352 g/mol. The van der Waals surface area contributed by atoms with E-state index in [1.165, 1.54) is 36.7 Å². The monoisotopic (exact) mass is 351 g/mol. The van der Waals surface area contributed by atoms with Gasteiger partial charge in [0, 0.05) is 16.9 Å². The second kappa shape index (κ2) is 6.31. The van der Waals surface area contributed by atoms with E-state index in [0.29, 0.717) is 10.2 Å². The summed E-state index contributed by atoms with van der Waals surface area (Å²) < 4.78 is 1.68. The predicted molar refractivity (Wildman–Crippen MR) is 78.2 cm³/mol. The number of hydrogen-bond donors (Lipinski definition) is 2. The van der Waals surface area contributed by atoms with Gasteiger partial charge in [0.2, 0.25) is 5.91 Å². The molecule has 0 aliphatic heterocycles. The number of nitrogens with zero attached hydrogens (tertiary/aromatic N) is 2. The van der Waals surface area contributed by atoms with Gasteiger partial charge >= 0.3 is 11.7 Å². The van der Waals surface area contributed by atoms with Crippen molar-refractivity contribution in [1.82, 2.24) is 9.55 Å². The molecule has 0 bridgehead atoms. The minimum Gasteiger partial charge on any atom is -0.478 e. The van der Waals surface area contributed by atoms with Crippen molar-refractivity contribution in [1.29, 1.82) is 0 Å². The Hall–Kier alpha value is -2.48. The summed E-state index contributed by atoms with van der Waals surface area (Å²) in [6.07, 6.45) is 2.78. The van der Waals surface area contributed by atoms with Crippen LogP contribution in [-0.2, 0) is 11.3 Å². The summed E-state index contributed by atoms with van der Waals surface area (Å²) in [6, 6.07) is 5.80. The number of halogens is 1. The molecule has 0 saturated carbocycles. The molecule has 1 aromatic heterocycles. The van der Waals surface area contributed by atoms with Crippen molar-refractivity contribution in [2.75, 3.05) is 5.32 Å². The number of carbonyl (C=O) groups excluding carboxylic acids is 1. The molecule has 8 heteroatoms. The number of carboxylic acid groups (broad SMARTS) is 1. The van der Waals surface area contributed by atoms with Crippen LogP contribution in [-0.4, -0.2) is 26.5 Å². The zero-order valence-corrected chi connectivity index (χ0v) is 12.2. The largest absolute Gasteiger partial charge is 0.478 e. The first kappa shape index (κ1) is 14.9. The third kappa shape index (κ3) is 3.76. The Bertz CT molecular complexity index is 757. The number of aromatic nitrogens is 2. The lowest BCUT2D eigenvalue weighted by atomic mass is 10.2. The fraction of sp³-hybridized carbons (Fsp3) is 0.0769. The molecule has 7 nitrogen and oxygen atoms in total. The van der Waals surface area contributed by atoms with Gasteiger partial charge in [-0.2, -0.15) is 0 Å². The van der Waals surface area contributed by atoms with E-state index < -0.39 is 17.6 Å². The van der Waals surface area contributed by atoms with Crippen LogP contribution >= 0.6 is 15.9 Å². The van der Waals surface area contributed by atoms with Gasteiger partial charge in [0.15, 0.2) is 0 Å². The van der Waals surface area contributed by atoms with E-state index >= 15 is 0 Å². The number of hydrogen-bond acceptors (Lipinski definition) is 4. The Balaban J connectivity index is 2.16. The van der Waals surface area contributed by atoms with E-state index in [1.807, 2.05) is 0 Å². The summed E-state index contributed by atoms with van der Waals surface area (Å²) in [5.41, 5.74) is -0.171. The Morgan fingerprint density at radius 1 is 1.38 bits per heavy atom. The van der Waals surface area contributed by atoms with Crippen molar-refractivity contribution < 1.29 is 14.7 Å². The highest BCUT2D eigenvalue weighted by Crippen LogP contribution is 2.23. The summed E-state index contributed by atoms with van der Waals surface area (Å²) in [6.45, 7) is -0.212. The number of nitrogens with one attached hydrogen (secondary N) is 1. The van der Waals surface area contributed by atoms with E-state index in [9.17, 15) is 14.4 Å². The second-order valence-corrected chi connectivity index (χ2v) is 4.93. The summed E-state index contributed by atoms with van der Waals surface area (Å²) >= 11 is 3.22. The first-order chi connectivity index (χ1) is 9.97. The van der Waals surface area contributed by atoms with Gasteiger partial charge in [0.1, 0.15) is 6.54 Å². The maximum Gasteiger partial charge on any atom is 0.347 e. The molecule has 0 aliphatic rings. The molecule has 0 aliphatic carbocycles. The molecule has 21 heavy (non-hydrogen) atoms. The molecule has 0 saturated heterocycles. The third-order valence-corrected chi connectivity index (χ3v) is 3.28. The van der Waals surface area contributed by atoms with Crippen LogP contribution < -0.4 is 11.0 Å². The van der Waals surface area contributed by atoms with Gasteiger partial charge in [0.05, 0.1) is 11.3 Å². The number of benzene rings is 1. The van der Waals surface area contributed by atoms with Crippen molar-refractivity contribution in [2.24, 2.45) is 0 Å². The third-order valence-electron chi connectivity index (χ3n) is 2.58. The fourth-order valence-electron chi connectivity index (χ4n) is 1.61. The number of rotatable bonds is 4. The average Bonchev–Trinajstić information content (AvgIpc) is 2.43. The maximum atomic E-state index is 11.9. The van der Waals surface area contributed by atoms with Crippen LogP contribution in [0.3, 0.4) is 0 Å². The number of carboxylic acids is 1. The molecule has 0 spiro atoms. The van der Waals surface area contributed by atoms with Crippen LogP contribution in [0.2, 0.25) is 0 Å². The second-order valence-electron chi connectivity index (χ2n) is 4.08. The van der Waals surface area contributed by atoms with Crippen molar-refractivity contribution in [3.63, 3.8) is 0 Å². The molecular formula is C13H10BrN3O4. The van der Waals surface area contributed by atoms with Gasteiger partial charge in [-0.15, -0.1) is 0 Å². The van der Waals surface area contributed by atoms with Gasteiger partial charge in [-0.25, -0.2) is 14.6 Å². The lowest BCUT2D eigenvalue weighted by Gasteiger charge is -2.09. The van der Waals surface area contributed by atoms with Crippen LogP contribution in [0.1, 0.15) is 10.4 Å². The van der Waals surface area contributed by atoms with Crippen molar-refractivity contribution in [2.45, 2.75) is 6.54 Å². The molecule has 0 atom stereocenters. The quantitative estimate of drug-likeness (QED) is 0.865. The van der Waals surface area contributed by atoms with Crippen molar-refractivity contribution >= 4 is 33.5 Å². The standard InChI is InChI=1S/C13H10BrN3O4/c14-9-3-2-8(12(19)20)6-10(9)16-11(18)7-17-5-1-4-15-13(17)21/h1-6H,7H2,(H,16,18)(H,19,20). The van der Waals surface area contributed by atoms with Crippen LogP contribution in [0.15, 0.2) is 45.9 Å². The van der Waals surface area contributed by atoms with Crippen molar-refractivity contribution in [3.05, 3.63) is 57.2 Å². The van der Waals surface area contributed by atoms with Gasteiger partial charge in [0.25, 0.3) is 0 Å². The van der Waals surface area contributed by atoms with Crippen LogP contribution in [0.5, 0.6) is 0 Å². The molecule has 108 valence electrons. The Labute approximate surface area is 127 Å². The number of amides is 1. The molecule has 2 N–H and O–H groups in total. The number of aromatic carboxylic acids is 1. The highest BCUT2D eigenvalue weighted by molar-refractivity contribution is 9.10. The predicted octanol–water partition coefficient (Wildman–Crippen LogP) is 1.34. The smallest absolute Gasteiger partial charge is 0.347 e. The SMILES string of the molecule is O=C(Cn1cccnc1=O)Nc1cc(C(=O)O)ccc1Br. The summed E-state index contributed by atoms with van der Waals surface area (Å²) in [4.78, 5) is 37.7. The maximum absolute atomic E-state index is 11.9. The Kier molecular flexibility index (Phi) is 4.49. The zero-order chi connectivity index (χ0) is 15.4. The van der Waals surface area contributed by atoms with E-state index in [1.54, 1.807) is 0 Å². The molecule has 0 unspecified atom stereocenters. The minimum atomic E-state index is -1.10. The van der Waals surface area contributed by atoms with Gasteiger partial charge in [-0.05, 0) is 40.2 Å². The highest BCUT2D eigenvalue weighted by atomic mass is 79.9. The molecule has 0 radical (unpaired) electrons. The van der Waals surface area contributed by atoms with Gasteiger partial charge in [-0.3, -0.25) is 9.36 Å². The molecular weight excluding hydrogens is 342 g/mol. The Morgan fingerprint density at radius 2 is 2.14 bits per heavy atom. The molecule has 0 fully saturated rings. The summed E-state index contributed by atoms with van der Waals surface area (Å²) in [7, 11) is 0. The van der Waals surface area contributed by atoms with E-state index in [0.717, 1.165) is 4.57 Å². The number of anilines is 1. The van der Waals surface area contributed by atoms with Crippen molar-refractivity contribution in [3.8, 4) is 0 Å². The van der Waals surface area contributed by atoms with Gasteiger partial charge in [-0.1, -0.05) is 0 Å². The highest BCUT2D eigenvalue weighted by Gasteiger charge is 2.10. The first-order valence-corrected chi connectivity index (χ1v) is 6.61. The summed E-state index contributed by atoms with van der Waals surface area (Å²) in [5, 5.41) is 11.5. The van der Waals surface area contributed by atoms with E-state index in [2.05, 4.69) is 26.2 Å². The summed E-state index contributed by atoms with van der Waals surface area (Å²) in [5.74, 6) is -1.56. The van der Waals surface area contributed by atoms with Gasteiger partial charge < -0.3 is 10.4 Å². The van der Waals surface area contributed by atoms with Crippen LogP contribution in [0.4, 0.5) is 5.69 Å². The minimum absolute atomic E-state index is 0.0482. The lowest BCUT2D eigenvalue weighted by Crippen LogP contribution is -2.28. The molecule has 1 amide bonds. The molecule has 1 aromatic carbocycles. The first-order valence-electron chi connectivity index (χ1n) is 5.81. The lowest BCUT2D eigenvalue weighted by molar-refractivity contribution is -0.116. The van der Waals surface area contributed by atoms with E-state index in [-0.39, 0.29) is 12.1 Å². The van der Waals surface area contributed by atoms with E-state index in [4.69, 9.17) is 5.11 Å². The Morgan fingerprint density at radius 3 is 2.81 bits per heavy atom. The molecule has 2 rings (SSSR count). The van der Waals surface area contributed by atoms with Crippen LogP contribution in [0, 0.1) is 0 Å². The molecule has 2 aromatic rings. The normalized spacial score (nSPS) is 10.1. The zero-order valence-electron chi connectivity index (χ0n) is 10.6. The topological polar surface area (TPSA) is 101 Å². The number of carbonyl (C=O) groups is 2. The molecule has 1 heterocycles.